The first-order valence-corrected chi connectivity index (χ1v) is 7.14. The van der Waals surface area contributed by atoms with E-state index in [4.69, 9.17) is 35.4 Å². The standard InChI is InChI=1S/C11H6Cl2N2O3S2/c1-14-10(16)9(20-11(14)19)3-5-2-8(15(17)18)7(13)4-6(5)12/h2-4H,1H3/b9-3+. The highest BCUT2D eigenvalue weighted by Crippen LogP contribution is 2.36. The molecule has 9 heteroatoms. The van der Waals surface area contributed by atoms with Crippen LogP contribution in [-0.4, -0.2) is 27.1 Å². The van der Waals surface area contributed by atoms with E-state index in [0.717, 1.165) is 11.8 Å². The highest BCUT2D eigenvalue weighted by atomic mass is 35.5. The summed E-state index contributed by atoms with van der Waals surface area (Å²) in [5, 5.41) is 11.0. The summed E-state index contributed by atoms with van der Waals surface area (Å²) in [5.74, 6) is -0.270. The molecule has 0 unspecified atom stereocenters. The molecule has 1 aromatic carbocycles. The molecule has 0 bridgehead atoms. The van der Waals surface area contributed by atoms with Crippen molar-refractivity contribution >= 4 is 69.2 Å². The molecule has 0 saturated carbocycles. The van der Waals surface area contributed by atoms with Gasteiger partial charge in [-0.05, 0) is 12.1 Å². The van der Waals surface area contributed by atoms with E-state index in [1.807, 2.05) is 0 Å². The molecule has 20 heavy (non-hydrogen) atoms. The van der Waals surface area contributed by atoms with Gasteiger partial charge < -0.3 is 0 Å². The minimum atomic E-state index is -0.610. The molecule has 0 radical (unpaired) electrons. The first kappa shape index (κ1) is 15.2. The van der Waals surface area contributed by atoms with Crippen LogP contribution in [0.3, 0.4) is 0 Å². The van der Waals surface area contributed by atoms with Crippen molar-refractivity contribution in [3.63, 3.8) is 0 Å². The summed E-state index contributed by atoms with van der Waals surface area (Å²) in [6.07, 6.45) is 1.47. The molecule has 0 atom stereocenters. The van der Waals surface area contributed by atoms with Crippen LogP contribution in [0.2, 0.25) is 10.0 Å². The van der Waals surface area contributed by atoms with Gasteiger partial charge in [-0.2, -0.15) is 0 Å². The molecule has 1 heterocycles. The van der Waals surface area contributed by atoms with E-state index in [1.54, 1.807) is 7.05 Å². The first-order valence-electron chi connectivity index (χ1n) is 5.16. The third-order valence-corrected chi connectivity index (χ3v) is 4.65. The van der Waals surface area contributed by atoms with Crippen molar-refractivity contribution in [2.24, 2.45) is 0 Å². The van der Waals surface area contributed by atoms with Crippen LogP contribution < -0.4 is 0 Å². The molecular formula is C11H6Cl2N2O3S2. The average molecular weight is 349 g/mol. The lowest BCUT2D eigenvalue weighted by Gasteiger charge is -2.04. The molecule has 0 spiro atoms. The SMILES string of the molecule is CN1C(=O)/C(=C\c2cc([N+](=O)[O-])c(Cl)cc2Cl)SC1=S. The number of rotatable bonds is 2. The molecule has 1 aliphatic heterocycles. The Morgan fingerprint density at radius 3 is 2.55 bits per heavy atom. The summed E-state index contributed by atoms with van der Waals surface area (Å²) in [6, 6.07) is 2.51. The third-order valence-electron chi connectivity index (χ3n) is 2.54. The lowest BCUT2D eigenvalue weighted by atomic mass is 10.2. The molecule has 5 nitrogen and oxygen atoms in total. The number of carbonyl (C=O) groups is 1. The maximum absolute atomic E-state index is 11.9. The minimum Gasteiger partial charge on any atom is -0.296 e. The zero-order chi connectivity index (χ0) is 15.0. The zero-order valence-electron chi connectivity index (χ0n) is 9.92. The molecule has 1 saturated heterocycles. The molecule has 0 aliphatic carbocycles. The number of nitrogens with zero attached hydrogens (tertiary/aromatic N) is 2. The van der Waals surface area contributed by atoms with Crippen molar-refractivity contribution in [2.45, 2.75) is 0 Å². The number of halogens is 2. The van der Waals surface area contributed by atoms with Crippen molar-refractivity contribution < 1.29 is 9.72 Å². The normalized spacial score (nSPS) is 17.1. The van der Waals surface area contributed by atoms with E-state index in [1.165, 1.54) is 23.1 Å². The lowest BCUT2D eigenvalue weighted by Crippen LogP contribution is -2.22. The van der Waals surface area contributed by atoms with E-state index < -0.39 is 4.92 Å². The van der Waals surface area contributed by atoms with Gasteiger partial charge in [-0.15, -0.1) is 0 Å². The number of nitro benzene ring substituents is 1. The van der Waals surface area contributed by atoms with Crippen LogP contribution in [0.4, 0.5) is 5.69 Å². The quantitative estimate of drug-likeness (QED) is 0.352. The van der Waals surface area contributed by atoms with Crippen molar-refractivity contribution in [1.82, 2.24) is 4.90 Å². The van der Waals surface area contributed by atoms with E-state index in [2.05, 4.69) is 0 Å². The summed E-state index contributed by atoms with van der Waals surface area (Å²) in [5.41, 5.74) is 0.0750. The Morgan fingerprint density at radius 1 is 1.40 bits per heavy atom. The van der Waals surface area contributed by atoms with Crippen molar-refractivity contribution in [1.29, 1.82) is 0 Å². The Kier molecular flexibility index (Phi) is 4.33. The van der Waals surface area contributed by atoms with Crippen molar-refractivity contribution in [3.05, 3.63) is 42.8 Å². The smallest absolute Gasteiger partial charge is 0.288 e. The summed E-state index contributed by atoms with van der Waals surface area (Å²) < 4.78 is 0.417. The fourth-order valence-corrected chi connectivity index (χ4v) is 3.17. The predicted octanol–water partition coefficient (Wildman–Crippen LogP) is 3.73. The molecule has 0 N–H and O–H groups in total. The second-order valence-corrected chi connectivity index (χ2v) is 6.31. The lowest BCUT2D eigenvalue weighted by molar-refractivity contribution is -0.384. The highest BCUT2D eigenvalue weighted by Gasteiger charge is 2.29. The first-order chi connectivity index (χ1) is 9.31. The maximum atomic E-state index is 11.9. The van der Waals surface area contributed by atoms with E-state index in [9.17, 15) is 14.9 Å². The van der Waals surface area contributed by atoms with Gasteiger partial charge in [0.1, 0.15) is 9.34 Å². The number of likely N-dealkylation sites (N-methyl/N-ethyl adjacent to an activating group) is 1. The Hall–Kier alpha value is -1.15. The Bertz CT molecular complexity index is 676. The Balaban J connectivity index is 2.49. The summed E-state index contributed by atoms with van der Waals surface area (Å²) in [7, 11) is 1.56. The summed E-state index contributed by atoms with van der Waals surface area (Å²) >= 11 is 17.8. The molecule has 1 aromatic rings. The van der Waals surface area contributed by atoms with Gasteiger partial charge >= 0.3 is 0 Å². The number of hydrogen-bond donors (Lipinski definition) is 0. The highest BCUT2D eigenvalue weighted by molar-refractivity contribution is 8.26. The fourth-order valence-electron chi connectivity index (χ4n) is 1.49. The van der Waals surface area contributed by atoms with Crippen LogP contribution in [0.5, 0.6) is 0 Å². The number of benzene rings is 1. The van der Waals surface area contributed by atoms with Crippen LogP contribution in [-0.2, 0) is 4.79 Å². The van der Waals surface area contributed by atoms with Gasteiger partial charge in [0.15, 0.2) is 0 Å². The van der Waals surface area contributed by atoms with Gasteiger partial charge in [0.25, 0.3) is 11.6 Å². The van der Waals surface area contributed by atoms with E-state index in [0.29, 0.717) is 14.8 Å². The van der Waals surface area contributed by atoms with Crippen LogP contribution in [0.15, 0.2) is 17.0 Å². The van der Waals surface area contributed by atoms with Gasteiger partial charge in [-0.1, -0.05) is 47.2 Å². The van der Waals surface area contributed by atoms with Crippen LogP contribution >= 0.6 is 47.2 Å². The fraction of sp³-hybridized carbons (Fsp3) is 0.0909. The van der Waals surface area contributed by atoms with Gasteiger partial charge in [-0.25, -0.2) is 0 Å². The van der Waals surface area contributed by atoms with Crippen LogP contribution in [0.1, 0.15) is 5.56 Å². The zero-order valence-corrected chi connectivity index (χ0v) is 13.1. The largest absolute Gasteiger partial charge is 0.296 e. The number of thioether (sulfide) groups is 1. The number of thiocarbonyl (C=S) groups is 1. The van der Waals surface area contributed by atoms with E-state index >= 15 is 0 Å². The second kappa shape index (κ2) is 5.69. The van der Waals surface area contributed by atoms with Crippen LogP contribution in [0, 0.1) is 10.1 Å². The predicted molar refractivity (Wildman–Crippen MR) is 84.1 cm³/mol. The second-order valence-electron chi connectivity index (χ2n) is 3.82. The molecule has 104 valence electrons. The Morgan fingerprint density at radius 2 is 2.05 bits per heavy atom. The monoisotopic (exact) mass is 348 g/mol. The van der Waals surface area contributed by atoms with Gasteiger partial charge in [0, 0.05) is 23.7 Å². The number of nitro groups is 1. The summed E-state index contributed by atoms with van der Waals surface area (Å²) in [6.45, 7) is 0. The molecule has 1 amide bonds. The van der Waals surface area contributed by atoms with Crippen LogP contribution in [0.25, 0.3) is 6.08 Å². The third kappa shape index (κ3) is 2.80. The Labute approximate surface area is 133 Å². The molecular weight excluding hydrogens is 343 g/mol. The number of amides is 1. The van der Waals surface area contributed by atoms with Gasteiger partial charge in [0.2, 0.25) is 0 Å². The van der Waals surface area contributed by atoms with Gasteiger partial charge in [-0.3, -0.25) is 19.8 Å². The maximum Gasteiger partial charge on any atom is 0.288 e. The minimum absolute atomic E-state index is 0.0554. The van der Waals surface area contributed by atoms with Crippen molar-refractivity contribution in [3.8, 4) is 0 Å². The number of hydrogen-bond acceptors (Lipinski definition) is 5. The van der Waals surface area contributed by atoms with E-state index in [-0.39, 0.29) is 21.6 Å². The summed E-state index contributed by atoms with van der Waals surface area (Å²) in [4.78, 5) is 23.8. The molecule has 2 rings (SSSR count). The average Bonchev–Trinajstić information content (AvgIpc) is 2.60. The molecule has 1 aliphatic rings. The number of carbonyl (C=O) groups excluding carboxylic acids is 1. The topological polar surface area (TPSA) is 63.5 Å². The molecule has 1 fully saturated rings. The van der Waals surface area contributed by atoms with Gasteiger partial charge in [0.05, 0.1) is 9.83 Å². The van der Waals surface area contributed by atoms with Crippen molar-refractivity contribution in [2.75, 3.05) is 7.05 Å². The molecule has 0 aromatic heterocycles.